The van der Waals surface area contributed by atoms with Crippen molar-refractivity contribution in [2.75, 3.05) is 6.54 Å². The highest BCUT2D eigenvalue weighted by molar-refractivity contribution is 6.05. The van der Waals surface area contributed by atoms with E-state index in [0.717, 1.165) is 19.3 Å². The molecular formula is C13H22N2O2. The highest BCUT2D eigenvalue weighted by Crippen LogP contribution is 2.20. The molecule has 0 spiro atoms. The van der Waals surface area contributed by atoms with E-state index in [4.69, 9.17) is 0 Å². The van der Waals surface area contributed by atoms with Crippen LogP contribution in [-0.4, -0.2) is 35.3 Å². The van der Waals surface area contributed by atoms with E-state index in [1.54, 1.807) is 6.08 Å². The number of nitrogens with one attached hydrogen (secondary N) is 1. The van der Waals surface area contributed by atoms with Gasteiger partial charge in [0.2, 0.25) is 11.8 Å². The Balaban J connectivity index is 2.61. The van der Waals surface area contributed by atoms with Crippen molar-refractivity contribution in [1.82, 2.24) is 10.2 Å². The Labute approximate surface area is 103 Å². The van der Waals surface area contributed by atoms with E-state index in [9.17, 15) is 9.59 Å². The molecule has 0 radical (unpaired) electrons. The molecule has 4 heteroatoms. The minimum atomic E-state index is -0.331. The van der Waals surface area contributed by atoms with Crippen LogP contribution < -0.4 is 5.32 Å². The van der Waals surface area contributed by atoms with Crippen LogP contribution in [0.15, 0.2) is 12.7 Å². The molecule has 1 heterocycles. The Morgan fingerprint density at radius 2 is 2.12 bits per heavy atom. The van der Waals surface area contributed by atoms with Crippen LogP contribution in [0.4, 0.5) is 0 Å². The molecule has 4 nitrogen and oxygen atoms in total. The van der Waals surface area contributed by atoms with Crippen molar-refractivity contribution in [2.24, 2.45) is 0 Å². The van der Waals surface area contributed by atoms with Gasteiger partial charge in [-0.15, -0.1) is 6.58 Å². The van der Waals surface area contributed by atoms with Crippen molar-refractivity contribution in [3.05, 3.63) is 12.7 Å². The molecule has 0 aromatic heterocycles. The first-order valence-electron chi connectivity index (χ1n) is 6.35. The topological polar surface area (TPSA) is 49.4 Å². The molecule has 1 N–H and O–H groups in total. The highest BCUT2D eigenvalue weighted by atomic mass is 16.2. The predicted octanol–water partition coefficient (Wildman–Crippen LogP) is 1.47. The van der Waals surface area contributed by atoms with Crippen LogP contribution >= 0.6 is 0 Å². The van der Waals surface area contributed by atoms with Crippen LogP contribution in [0.3, 0.4) is 0 Å². The molecule has 0 aromatic carbocycles. The highest BCUT2D eigenvalue weighted by Gasteiger charge is 2.40. The zero-order chi connectivity index (χ0) is 12.8. The van der Waals surface area contributed by atoms with E-state index >= 15 is 0 Å². The van der Waals surface area contributed by atoms with Gasteiger partial charge in [0, 0.05) is 6.04 Å². The Kier molecular flexibility index (Phi) is 5.35. The zero-order valence-electron chi connectivity index (χ0n) is 10.7. The summed E-state index contributed by atoms with van der Waals surface area (Å²) in [6.45, 7) is 8.34. The molecular weight excluding hydrogens is 216 g/mol. The number of carbonyl (C=O) groups is 2. The standard InChI is InChI=1S/C13H22N2O2/c1-4-7-8-14-11-9-12(16)15(13(11)17)10(5-2)6-3/h4,10-11,14H,1,5-9H2,2-3H3. The van der Waals surface area contributed by atoms with E-state index in [0.29, 0.717) is 13.0 Å². The van der Waals surface area contributed by atoms with Gasteiger partial charge >= 0.3 is 0 Å². The maximum Gasteiger partial charge on any atom is 0.247 e. The van der Waals surface area contributed by atoms with E-state index < -0.39 is 0 Å². The first-order valence-corrected chi connectivity index (χ1v) is 6.35. The van der Waals surface area contributed by atoms with Crippen molar-refractivity contribution in [1.29, 1.82) is 0 Å². The quantitative estimate of drug-likeness (QED) is 0.415. The number of amides is 2. The van der Waals surface area contributed by atoms with Crippen LogP contribution in [0.25, 0.3) is 0 Å². The number of rotatable bonds is 7. The van der Waals surface area contributed by atoms with E-state index in [-0.39, 0.29) is 23.9 Å². The SMILES string of the molecule is C=CCCNC1CC(=O)N(C(CC)CC)C1=O. The summed E-state index contributed by atoms with van der Waals surface area (Å²) in [7, 11) is 0. The molecule has 0 aromatic rings. The third kappa shape index (κ3) is 3.16. The summed E-state index contributed by atoms with van der Waals surface area (Å²) in [5, 5.41) is 3.11. The monoisotopic (exact) mass is 238 g/mol. The van der Waals surface area contributed by atoms with Crippen molar-refractivity contribution in [3.63, 3.8) is 0 Å². The van der Waals surface area contributed by atoms with Gasteiger partial charge in [0.1, 0.15) is 0 Å². The smallest absolute Gasteiger partial charge is 0.247 e. The van der Waals surface area contributed by atoms with Crippen molar-refractivity contribution >= 4 is 11.8 Å². The van der Waals surface area contributed by atoms with Gasteiger partial charge in [-0.1, -0.05) is 19.9 Å². The van der Waals surface area contributed by atoms with Gasteiger partial charge in [-0.05, 0) is 25.8 Å². The normalized spacial score (nSPS) is 20.4. The van der Waals surface area contributed by atoms with Gasteiger partial charge in [-0.2, -0.15) is 0 Å². The molecule has 1 rings (SSSR count). The maximum atomic E-state index is 12.1. The summed E-state index contributed by atoms with van der Waals surface area (Å²) >= 11 is 0. The molecule has 1 fully saturated rings. The Hall–Kier alpha value is -1.16. The lowest BCUT2D eigenvalue weighted by Gasteiger charge is -2.24. The summed E-state index contributed by atoms with van der Waals surface area (Å²) in [5.74, 6) is -0.104. The van der Waals surface area contributed by atoms with Crippen LogP contribution in [0.1, 0.15) is 39.5 Å². The number of hydrogen-bond acceptors (Lipinski definition) is 3. The molecule has 1 atom stereocenters. The van der Waals surface area contributed by atoms with Crippen LogP contribution in [0.5, 0.6) is 0 Å². The first-order chi connectivity index (χ1) is 8.15. The minimum absolute atomic E-state index is 0.0418. The largest absolute Gasteiger partial charge is 0.305 e. The van der Waals surface area contributed by atoms with Crippen LogP contribution in [-0.2, 0) is 9.59 Å². The summed E-state index contributed by atoms with van der Waals surface area (Å²) in [6.07, 6.45) is 4.56. The van der Waals surface area contributed by atoms with Gasteiger partial charge in [0.15, 0.2) is 0 Å². The number of carbonyl (C=O) groups excluding carboxylic acids is 2. The second-order valence-corrected chi connectivity index (χ2v) is 4.36. The number of likely N-dealkylation sites (tertiary alicyclic amines) is 1. The fraction of sp³-hybridized carbons (Fsp3) is 0.692. The fourth-order valence-corrected chi connectivity index (χ4v) is 2.21. The van der Waals surface area contributed by atoms with Crippen molar-refractivity contribution in [2.45, 2.75) is 51.6 Å². The lowest BCUT2D eigenvalue weighted by molar-refractivity contribution is -0.141. The Bertz CT molecular complexity index is 298. The summed E-state index contributed by atoms with van der Waals surface area (Å²) in [6, 6.07) is -0.274. The van der Waals surface area contributed by atoms with Gasteiger partial charge in [0.05, 0.1) is 12.5 Å². The average Bonchev–Trinajstić information content (AvgIpc) is 2.59. The second-order valence-electron chi connectivity index (χ2n) is 4.36. The van der Waals surface area contributed by atoms with Gasteiger partial charge in [-0.3, -0.25) is 14.5 Å². The molecule has 2 amide bonds. The molecule has 1 saturated heterocycles. The van der Waals surface area contributed by atoms with Gasteiger partial charge in [0.25, 0.3) is 0 Å². The van der Waals surface area contributed by atoms with Crippen molar-refractivity contribution in [3.8, 4) is 0 Å². The molecule has 17 heavy (non-hydrogen) atoms. The predicted molar refractivity (Wildman–Crippen MR) is 67.4 cm³/mol. The molecule has 0 saturated carbocycles. The summed E-state index contributed by atoms with van der Waals surface area (Å²) < 4.78 is 0. The first kappa shape index (κ1) is 13.9. The molecule has 0 aliphatic carbocycles. The lowest BCUT2D eigenvalue weighted by atomic mass is 10.1. The average molecular weight is 238 g/mol. The molecule has 1 aliphatic rings. The second kappa shape index (κ2) is 6.55. The molecule has 1 unspecified atom stereocenters. The van der Waals surface area contributed by atoms with Crippen LogP contribution in [0, 0.1) is 0 Å². The third-order valence-corrected chi connectivity index (χ3v) is 3.23. The Morgan fingerprint density at radius 1 is 1.47 bits per heavy atom. The van der Waals surface area contributed by atoms with Gasteiger partial charge < -0.3 is 5.32 Å². The molecule has 1 aliphatic heterocycles. The molecule has 0 bridgehead atoms. The van der Waals surface area contributed by atoms with Gasteiger partial charge in [-0.25, -0.2) is 0 Å². The summed E-state index contributed by atoms with van der Waals surface area (Å²) in [5.41, 5.74) is 0. The van der Waals surface area contributed by atoms with E-state index in [2.05, 4.69) is 11.9 Å². The number of imide groups is 1. The fourth-order valence-electron chi connectivity index (χ4n) is 2.21. The van der Waals surface area contributed by atoms with Crippen LogP contribution in [0.2, 0.25) is 0 Å². The maximum absolute atomic E-state index is 12.1. The summed E-state index contributed by atoms with van der Waals surface area (Å²) in [4.78, 5) is 25.4. The minimum Gasteiger partial charge on any atom is -0.305 e. The number of hydrogen-bond donors (Lipinski definition) is 1. The Morgan fingerprint density at radius 3 is 2.65 bits per heavy atom. The van der Waals surface area contributed by atoms with E-state index in [1.807, 2.05) is 13.8 Å². The third-order valence-electron chi connectivity index (χ3n) is 3.23. The lowest BCUT2D eigenvalue weighted by Crippen LogP contribution is -2.43. The van der Waals surface area contributed by atoms with E-state index in [1.165, 1.54) is 4.90 Å². The molecule has 96 valence electrons. The number of nitrogens with zero attached hydrogens (tertiary/aromatic N) is 1. The van der Waals surface area contributed by atoms with Crippen molar-refractivity contribution < 1.29 is 9.59 Å². The zero-order valence-corrected chi connectivity index (χ0v) is 10.7.